The van der Waals surface area contributed by atoms with Crippen molar-refractivity contribution >= 4 is 21.8 Å². The number of fused-ring (bicyclic) bond motifs is 6. The molecule has 1 nitrogen and oxygen atoms in total. The predicted octanol–water partition coefficient (Wildman–Crippen LogP) is 8.00. The van der Waals surface area contributed by atoms with E-state index in [9.17, 15) is 0 Å². The number of hydrogen-bond donors (Lipinski definition) is 0. The van der Waals surface area contributed by atoms with Gasteiger partial charge in [0.15, 0.2) is 0 Å². The van der Waals surface area contributed by atoms with E-state index in [1.807, 2.05) is 0 Å². The lowest BCUT2D eigenvalue weighted by Gasteiger charge is -2.16. The van der Waals surface area contributed by atoms with Gasteiger partial charge in [-0.05, 0) is 64.9 Å². The molecule has 1 heteroatoms. The van der Waals surface area contributed by atoms with Gasteiger partial charge >= 0.3 is 0 Å². The largest absolute Gasteiger partial charge is 0.341 e. The molecule has 5 aromatic rings. The molecule has 4 aromatic carbocycles. The second-order valence-corrected chi connectivity index (χ2v) is 8.31. The van der Waals surface area contributed by atoms with Crippen LogP contribution in [0.2, 0.25) is 0 Å². The molecule has 0 radical (unpaired) electrons. The third-order valence-electron chi connectivity index (χ3n) is 6.89. The van der Waals surface area contributed by atoms with Gasteiger partial charge in [0.05, 0.1) is 0 Å². The summed E-state index contributed by atoms with van der Waals surface area (Å²) in [5.41, 5.74) is 11.1. The lowest BCUT2D eigenvalue weighted by molar-refractivity contribution is 0.799. The van der Waals surface area contributed by atoms with E-state index in [-0.39, 0.29) is 0 Å². The number of aryl methyl sites for hydroxylation is 1. The molecule has 0 amide bonds. The minimum Gasteiger partial charge on any atom is -0.341 e. The first-order valence-electron chi connectivity index (χ1n) is 11.1. The standard InChI is InChI=1S/C29H25N/c1-3-20-22-10-5-6-11-23(22)25-14-9-13-21(29(20)25)19-16-17-28-26(18-19)24-12-7-8-15-27(24)30(28)4-2/h5-18,20H,3-4H2,1-2H3. The van der Waals surface area contributed by atoms with E-state index in [0.717, 1.165) is 13.0 Å². The Hall–Kier alpha value is -3.32. The van der Waals surface area contributed by atoms with E-state index in [4.69, 9.17) is 0 Å². The maximum atomic E-state index is 2.43. The highest BCUT2D eigenvalue weighted by molar-refractivity contribution is 6.09. The molecule has 146 valence electrons. The van der Waals surface area contributed by atoms with Gasteiger partial charge in [0.1, 0.15) is 0 Å². The van der Waals surface area contributed by atoms with Crippen LogP contribution < -0.4 is 0 Å². The molecule has 0 aliphatic heterocycles. The van der Waals surface area contributed by atoms with Crippen LogP contribution in [0.3, 0.4) is 0 Å². The van der Waals surface area contributed by atoms with Crippen molar-refractivity contribution in [3.05, 3.63) is 96.1 Å². The van der Waals surface area contributed by atoms with Crippen molar-refractivity contribution in [2.45, 2.75) is 32.7 Å². The fourth-order valence-electron chi connectivity index (χ4n) is 5.61. The molecule has 0 N–H and O–H groups in total. The number of benzene rings is 4. The molecule has 30 heavy (non-hydrogen) atoms. The predicted molar refractivity (Wildman–Crippen MR) is 128 cm³/mol. The molecule has 1 aliphatic carbocycles. The summed E-state index contributed by atoms with van der Waals surface area (Å²) in [6.45, 7) is 5.52. The van der Waals surface area contributed by atoms with E-state index < -0.39 is 0 Å². The van der Waals surface area contributed by atoms with Crippen LogP contribution in [0.1, 0.15) is 37.3 Å². The van der Waals surface area contributed by atoms with Gasteiger partial charge in [0.2, 0.25) is 0 Å². The third-order valence-corrected chi connectivity index (χ3v) is 6.89. The molecular formula is C29H25N. The van der Waals surface area contributed by atoms with Gasteiger partial charge in [0.25, 0.3) is 0 Å². The maximum absolute atomic E-state index is 2.43. The number of aromatic nitrogens is 1. The summed E-state index contributed by atoms with van der Waals surface area (Å²) in [4.78, 5) is 0. The molecule has 0 fully saturated rings. The van der Waals surface area contributed by atoms with Gasteiger partial charge in [-0.15, -0.1) is 0 Å². The highest BCUT2D eigenvalue weighted by atomic mass is 15.0. The highest BCUT2D eigenvalue weighted by Gasteiger charge is 2.29. The second-order valence-electron chi connectivity index (χ2n) is 8.31. The summed E-state index contributed by atoms with van der Waals surface area (Å²) in [5.74, 6) is 0.472. The van der Waals surface area contributed by atoms with Crippen molar-refractivity contribution in [2.75, 3.05) is 0 Å². The fourth-order valence-corrected chi connectivity index (χ4v) is 5.61. The molecule has 1 unspecified atom stereocenters. The third kappa shape index (κ3) is 2.29. The average Bonchev–Trinajstić information content (AvgIpc) is 3.31. The van der Waals surface area contributed by atoms with Crippen LogP contribution in [-0.2, 0) is 6.54 Å². The lowest BCUT2D eigenvalue weighted by Crippen LogP contribution is -1.97. The zero-order valence-electron chi connectivity index (χ0n) is 17.5. The Balaban J connectivity index is 1.62. The van der Waals surface area contributed by atoms with Gasteiger partial charge < -0.3 is 4.57 Å². The Morgan fingerprint density at radius 3 is 2.27 bits per heavy atom. The summed E-state index contributed by atoms with van der Waals surface area (Å²) in [5, 5.41) is 2.70. The normalized spacial score (nSPS) is 14.9. The fraction of sp³-hybridized carbons (Fsp3) is 0.172. The van der Waals surface area contributed by atoms with E-state index in [2.05, 4.69) is 103 Å². The van der Waals surface area contributed by atoms with Crippen LogP contribution >= 0.6 is 0 Å². The summed E-state index contributed by atoms with van der Waals surface area (Å²) < 4.78 is 2.43. The zero-order chi connectivity index (χ0) is 20.2. The lowest BCUT2D eigenvalue weighted by atomic mass is 9.88. The van der Waals surface area contributed by atoms with Crippen molar-refractivity contribution in [1.82, 2.24) is 4.57 Å². The van der Waals surface area contributed by atoms with Crippen LogP contribution in [0.15, 0.2) is 84.9 Å². The Morgan fingerprint density at radius 2 is 1.40 bits per heavy atom. The van der Waals surface area contributed by atoms with E-state index in [1.165, 1.54) is 55.2 Å². The number of hydrogen-bond acceptors (Lipinski definition) is 0. The topological polar surface area (TPSA) is 4.93 Å². The van der Waals surface area contributed by atoms with E-state index in [1.54, 1.807) is 0 Å². The van der Waals surface area contributed by atoms with Gasteiger partial charge in [-0.3, -0.25) is 0 Å². The van der Waals surface area contributed by atoms with Crippen molar-refractivity contribution in [3.8, 4) is 22.3 Å². The summed E-state index contributed by atoms with van der Waals surface area (Å²) in [6, 6.07) is 31.6. The Bertz CT molecular complexity index is 1420. The van der Waals surface area contributed by atoms with Crippen LogP contribution in [-0.4, -0.2) is 4.57 Å². The molecule has 0 spiro atoms. The van der Waals surface area contributed by atoms with Gasteiger partial charge in [0, 0.05) is 34.3 Å². The summed E-state index contributed by atoms with van der Waals surface area (Å²) in [7, 11) is 0. The number of rotatable bonds is 3. The molecule has 0 saturated carbocycles. The van der Waals surface area contributed by atoms with Crippen LogP contribution in [0.4, 0.5) is 0 Å². The molecule has 1 heterocycles. The molecule has 6 rings (SSSR count). The van der Waals surface area contributed by atoms with Crippen LogP contribution in [0.25, 0.3) is 44.1 Å². The van der Waals surface area contributed by atoms with Gasteiger partial charge in [-0.25, -0.2) is 0 Å². The van der Waals surface area contributed by atoms with Gasteiger partial charge in [-0.1, -0.05) is 73.7 Å². The number of para-hydroxylation sites is 1. The molecule has 1 aromatic heterocycles. The van der Waals surface area contributed by atoms with Gasteiger partial charge in [-0.2, -0.15) is 0 Å². The minimum absolute atomic E-state index is 0.472. The molecule has 1 atom stereocenters. The monoisotopic (exact) mass is 387 g/mol. The molecule has 1 aliphatic rings. The summed E-state index contributed by atoms with van der Waals surface area (Å²) >= 11 is 0. The first kappa shape index (κ1) is 17.5. The van der Waals surface area contributed by atoms with Crippen LogP contribution in [0, 0.1) is 0 Å². The SMILES string of the molecule is CCC1c2ccccc2-c2cccc(-c3ccc4c(c3)c3ccccc3n4CC)c21. The Labute approximate surface area is 177 Å². The summed E-state index contributed by atoms with van der Waals surface area (Å²) in [6.07, 6.45) is 1.12. The van der Waals surface area contributed by atoms with Crippen molar-refractivity contribution < 1.29 is 0 Å². The first-order valence-corrected chi connectivity index (χ1v) is 11.1. The molecular weight excluding hydrogens is 362 g/mol. The van der Waals surface area contributed by atoms with Crippen molar-refractivity contribution in [2.24, 2.45) is 0 Å². The zero-order valence-corrected chi connectivity index (χ0v) is 17.5. The second kappa shape index (κ2) is 6.60. The van der Waals surface area contributed by atoms with Crippen molar-refractivity contribution in [3.63, 3.8) is 0 Å². The Morgan fingerprint density at radius 1 is 0.667 bits per heavy atom. The maximum Gasteiger partial charge on any atom is 0.0491 e. The average molecular weight is 388 g/mol. The smallest absolute Gasteiger partial charge is 0.0491 e. The Kier molecular flexibility index (Phi) is 3.86. The number of nitrogens with zero attached hydrogens (tertiary/aromatic N) is 1. The van der Waals surface area contributed by atoms with E-state index >= 15 is 0 Å². The van der Waals surface area contributed by atoms with Crippen LogP contribution in [0.5, 0.6) is 0 Å². The molecule has 0 bridgehead atoms. The quantitative estimate of drug-likeness (QED) is 0.295. The van der Waals surface area contributed by atoms with E-state index in [0.29, 0.717) is 5.92 Å². The first-order chi connectivity index (χ1) is 14.8. The molecule has 0 saturated heterocycles. The highest BCUT2D eigenvalue weighted by Crippen LogP contribution is 2.50. The minimum atomic E-state index is 0.472. The van der Waals surface area contributed by atoms with Crippen molar-refractivity contribution in [1.29, 1.82) is 0 Å².